The van der Waals surface area contributed by atoms with Gasteiger partial charge in [-0.15, -0.1) is 0 Å². The minimum absolute atomic E-state index is 0.611. The zero-order valence-electron chi connectivity index (χ0n) is 35.9. The van der Waals surface area contributed by atoms with Crippen molar-refractivity contribution in [2.24, 2.45) is 0 Å². The van der Waals surface area contributed by atoms with Gasteiger partial charge in [-0.3, -0.25) is 0 Å². The normalized spacial score (nSPS) is 11.0. The Labute approximate surface area is 384 Å². The van der Waals surface area contributed by atoms with E-state index < -0.39 is 0 Å². The molecule has 0 N–H and O–H groups in total. The Morgan fingerprint density at radius 1 is 0.182 bits per heavy atom. The van der Waals surface area contributed by atoms with Crippen LogP contribution in [0.4, 0.5) is 0 Å². The van der Waals surface area contributed by atoms with Crippen LogP contribution in [-0.4, -0.2) is 24.9 Å². The third-order valence-electron chi connectivity index (χ3n) is 11.8. The van der Waals surface area contributed by atoms with Gasteiger partial charge in [-0.05, 0) is 50.6 Å². The second-order valence-corrected chi connectivity index (χ2v) is 16.0. The molecule has 2 heterocycles. The maximum Gasteiger partial charge on any atom is 0.164 e. The topological polar surface area (TPSA) is 64.5 Å². The lowest BCUT2D eigenvalue weighted by molar-refractivity contribution is 1.07. The van der Waals surface area contributed by atoms with E-state index in [1.165, 1.54) is 0 Å². The molecule has 310 valence electrons. The molecule has 66 heavy (non-hydrogen) atoms. The van der Waals surface area contributed by atoms with Crippen LogP contribution in [0.15, 0.2) is 249 Å². The Bertz CT molecular complexity index is 3050. The first kappa shape index (κ1) is 39.9. The predicted molar refractivity (Wildman–Crippen MR) is 270 cm³/mol. The molecule has 0 aliphatic carbocycles. The van der Waals surface area contributed by atoms with Gasteiger partial charge in [0.1, 0.15) is 0 Å². The van der Waals surface area contributed by atoms with Gasteiger partial charge in [0, 0.05) is 33.4 Å². The monoisotopic (exact) mass is 843 g/mol. The standard InChI is InChI=1S/C61H41N5/c1-7-19-42(20-8-1)52-39-40-53(43-21-9-2-10-22-43)57(47-33-37-51(38-34-47)61-65-59(48-27-15-5-16-28-48)64-60(66-61)49-29-17-6-18-30-49)56(52)46-31-35-50(36-32-46)58-62-54(44-23-11-3-12-24-44)41-55(63-58)45-25-13-4-14-26-45/h1-41H. The van der Waals surface area contributed by atoms with Gasteiger partial charge in [-0.1, -0.05) is 243 Å². The highest BCUT2D eigenvalue weighted by molar-refractivity contribution is 6.02. The first-order valence-electron chi connectivity index (χ1n) is 22.1. The molecule has 0 aliphatic heterocycles. The smallest absolute Gasteiger partial charge is 0.164 e. The molecule has 11 aromatic rings. The lowest BCUT2D eigenvalue weighted by atomic mass is 9.82. The fraction of sp³-hybridized carbons (Fsp3) is 0. The second-order valence-electron chi connectivity index (χ2n) is 16.0. The van der Waals surface area contributed by atoms with Gasteiger partial charge in [-0.2, -0.15) is 0 Å². The Balaban J connectivity index is 1.07. The van der Waals surface area contributed by atoms with E-state index in [1.807, 2.05) is 97.1 Å². The van der Waals surface area contributed by atoms with Crippen molar-refractivity contribution < 1.29 is 0 Å². The molecular weight excluding hydrogens is 803 g/mol. The number of hydrogen-bond donors (Lipinski definition) is 0. The van der Waals surface area contributed by atoms with Crippen molar-refractivity contribution in [3.05, 3.63) is 249 Å². The summed E-state index contributed by atoms with van der Waals surface area (Å²) in [6.07, 6.45) is 0. The van der Waals surface area contributed by atoms with Gasteiger partial charge >= 0.3 is 0 Å². The highest BCUT2D eigenvalue weighted by Gasteiger charge is 2.21. The summed E-state index contributed by atoms with van der Waals surface area (Å²) >= 11 is 0. The van der Waals surface area contributed by atoms with Crippen LogP contribution < -0.4 is 0 Å². The molecule has 0 bridgehead atoms. The lowest BCUT2D eigenvalue weighted by Gasteiger charge is -2.21. The van der Waals surface area contributed by atoms with Crippen molar-refractivity contribution >= 4 is 0 Å². The third-order valence-corrected chi connectivity index (χ3v) is 11.8. The van der Waals surface area contributed by atoms with Gasteiger partial charge in [0.05, 0.1) is 11.4 Å². The van der Waals surface area contributed by atoms with Crippen LogP contribution in [0.5, 0.6) is 0 Å². The van der Waals surface area contributed by atoms with Gasteiger partial charge in [-0.25, -0.2) is 24.9 Å². The molecule has 0 saturated carbocycles. The van der Waals surface area contributed by atoms with Crippen LogP contribution in [-0.2, 0) is 0 Å². The Morgan fingerprint density at radius 2 is 0.424 bits per heavy atom. The summed E-state index contributed by atoms with van der Waals surface area (Å²) < 4.78 is 0. The van der Waals surface area contributed by atoms with Gasteiger partial charge in [0.15, 0.2) is 23.3 Å². The molecule has 0 spiro atoms. The molecule has 0 fully saturated rings. The fourth-order valence-corrected chi connectivity index (χ4v) is 8.52. The number of aromatic nitrogens is 5. The summed E-state index contributed by atoms with van der Waals surface area (Å²) in [5.74, 6) is 2.54. The maximum atomic E-state index is 5.14. The number of hydrogen-bond acceptors (Lipinski definition) is 5. The van der Waals surface area contributed by atoms with Gasteiger partial charge in [0.2, 0.25) is 0 Å². The molecule has 9 aromatic carbocycles. The van der Waals surface area contributed by atoms with Crippen LogP contribution in [0.3, 0.4) is 0 Å². The second kappa shape index (κ2) is 18.0. The van der Waals surface area contributed by atoms with Crippen LogP contribution in [0.1, 0.15) is 0 Å². The SMILES string of the molecule is c1ccc(-c2cc(-c3ccccc3)nc(-c3ccc(-c4c(-c5ccccc5)ccc(-c5ccccc5)c4-c4ccc(-c5nc(-c6ccccc6)nc(-c6ccccc6)n5)cc4)cc3)n2)cc1. The van der Waals surface area contributed by atoms with Crippen molar-refractivity contribution in [2.75, 3.05) is 0 Å². The number of rotatable bonds is 10. The summed E-state index contributed by atoms with van der Waals surface area (Å²) in [6.45, 7) is 0. The number of nitrogens with zero attached hydrogens (tertiary/aromatic N) is 5. The van der Waals surface area contributed by atoms with E-state index in [4.69, 9.17) is 24.9 Å². The molecule has 0 atom stereocenters. The maximum absolute atomic E-state index is 5.14. The highest BCUT2D eigenvalue weighted by atomic mass is 15.0. The molecule has 0 aliphatic rings. The van der Waals surface area contributed by atoms with E-state index in [-0.39, 0.29) is 0 Å². The van der Waals surface area contributed by atoms with E-state index in [9.17, 15) is 0 Å². The van der Waals surface area contributed by atoms with Gasteiger partial charge < -0.3 is 0 Å². The first-order valence-corrected chi connectivity index (χ1v) is 22.1. The lowest BCUT2D eigenvalue weighted by Crippen LogP contribution is -2.00. The molecule has 2 aromatic heterocycles. The summed E-state index contributed by atoms with van der Waals surface area (Å²) in [5.41, 5.74) is 16.5. The summed E-state index contributed by atoms with van der Waals surface area (Å²) in [7, 11) is 0. The van der Waals surface area contributed by atoms with E-state index in [0.29, 0.717) is 23.3 Å². The Kier molecular flexibility index (Phi) is 10.9. The third kappa shape index (κ3) is 8.21. The van der Waals surface area contributed by atoms with Crippen LogP contribution >= 0.6 is 0 Å². The Hall–Kier alpha value is -8.93. The van der Waals surface area contributed by atoms with Crippen LogP contribution in [0.2, 0.25) is 0 Å². The van der Waals surface area contributed by atoms with Crippen LogP contribution in [0.25, 0.3) is 113 Å². The van der Waals surface area contributed by atoms with Crippen LogP contribution in [0, 0.1) is 0 Å². The average molecular weight is 844 g/mol. The van der Waals surface area contributed by atoms with Crippen molar-refractivity contribution in [1.82, 2.24) is 24.9 Å². The molecule has 11 rings (SSSR count). The summed E-state index contributed by atoms with van der Waals surface area (Å²) in [5, 5.41) is 0. The minimum atomic E-state index is 0.611. The van der Waals surface area contributed by atoms with Crippen molar-refractivity contribution in [1.29, 1.82) is 0 Å². The number of benzene rings is 9. The van der Waals surface area contributed by atoms with Crippen molar-refractivity contribution in [3.8, 4) is 113 Å². The van der Waals surface area contributed by atoms with E-state index in [0.717, 1.165) is 89.3 Å². The van der Waals surface area contributed by atoms with Crippen molar-refractivity contribution in [2.45, 2.75) is 0 Å². The molecular formula is C61H41N5. The Morgan fingerprint density at radius 3 is 0.742 bits per heavy atom. The van der Waals surface area contributed by atoms with E-state index in [2.05, 4.69) is 152 Å². The molecule has 0 saturated heterocycles. The molecule has 0 unspecified atom stereocenters. The molecule has 0 radical (unpaired) electrons. The quantitative estimate of drug-likeness (QED) is 0.137. The van der Waals surface area contributed by atoms with Crippen molar-refractivity contribution in [3.63, 3.8) is 0 Å². The fourth-order valence-electron chi connectivity index (χ4n) is 8.52. The molecule has 0 amide bonds. The average Bonchev–Trinajstić information content (AvgIpc) is 3.42. The zero-order valence-corrected chi connectivity index (χ0v) is 35.9. The highest BCUT2D eigenvalue weighted by Crippen LogP contribution is 2.46. The summed E-state index contributed by atoms with van der Waals surface area (Å²) in [4.78, 5) is 25.3. The minimum Gasteiger partial charge on any atom is -0.228 e. The zero-order chi connectivity index (χ0) is 44.1. The largest absolute Gasteiger partial charge is 0.228 e. The van der Waals surface area contributed by atoms with E-state index >= 15 is 0 Å². The molecule has 5 nitrogen and oxygen atoms in total. The first-order chi connectivity index (χ1) is 32.7. The molecule has 5 heteroatoms. The predicted octanol–water partition coefficient (Wildman–Crippen LogP) is 15.3. The van der Waals surface area contributed by atoms with E-state index in [1.54, 1.807) is 0 Å². The van der Waals surface area contributed by atoms with Gasteiger partial charge in [0.25, 0.3) is 0 Å². The summed E-state index contributed by atoms with van der Waals surface area (Å²) in [6, 6.07) is 86.1.